The van der Waals surface area contributed by atoms with Crippen molar-refractivity contribution < 1.29 is 9.59 Å². The van der Waals surface area contributed by atoms with Crippen LogP contribution in [0.25, 0.3) is 11.3 Å². The molecule has 0 bridgehead atoms. The third-order valence-corrected chi connectivity index (χ3v) is 5.05. The van der Waals surface area contributed by atoms with Crippen LogP contribution in [0.15, 0.2) is 71.9 Å². The Kier molecular flexibility index (Phi) is 6.39. The van der Waals surface area contributed by atoms with E-state index in [1.807, 2.05) is 73.7 Å². The maximum absolute atomic E-state index is 12.7. The van der Waals surface area contributed by atoms with Crippen LogP contribution in [0.4, 0.5) is 4.79 Å². The van der Waals surface area contributed by atoms with E-state index in [2.05, 4.69) is 20.6 Å². The number of carbonyl (C=O) groups excluding carboxylic acids is 2. The zero-order valence-electron chi connectivity index (χ0n) is 15.5. The molecule has 28 heavy (non-hydrogen) atoms. The second-order valence-corrected chi connectivity index (χ2v) is 7.09. The van der Waals surface area contributed by atoms with Crippen LogP contribution in [0.2, 0.25) is 0 Å². The van der Waals surface area contributed by atoms with E-state index in [0.29, 0.717) is 5.16 Å². The molecule has 142 valence electrons. The number of urea groups is 1. The number of hydrogen-bond donors (Lipinski definition) is 2. The summed E-state index contributed by atoms with van der Waals surface area (Å²) in [5, 5.41) is 4.55. The van der Waals surface area contributed by atoms with E-state index in [9.17, 15) is 9.59 Å². The van der Waals surface area contributed by atoms with E-state index in [4.69, 9.17) is 0 Å². The van der Waals surface area contributed by atoms with E-state index in [-0.39, 0.29) is 0 Å². The first-order valence-corrected chi connectivity index (χ1v) is 9.60. The Balaban J connectivity index is 1.93. The average Bonchev–Trinajstić information content (AvgIpc) is 2.72. The summed E-state index contributed by atoms with van der Waals surface area (Å²) in [6, 6.07) is 20.4. The molecule has 0 aliphatic carbocycles. The van der Waals surface area contributed by atoms with Gasteiger partial charge in [0, 0.05) is 18.3 Å². The van der Waals surface area contributed by atoms with Gasteiger partial charge < -0.3 is 5.32 Å². The minimum Gasteiger partial charge on any atom is -0.341 e. The fourth-order valence-corrected chi connectivity index (χ4v) is 3.61. The van der Waals surface area contributed by atoms with E-state index in [1.54, 1.807) is 0 Å². The van der Waals surface area contributed by atoms with Crippen LogP contribution in [0.1, 0.15) is 16.5 Å². The van der Waals surface area contributed by atoms with Gasteiger partial charge in [-0.2, -0.15) is 0 Å². The lowest BCUT2D eigenvalue weighted by Crippen LogP contribution is -2.39. The Morgan fingerprint density at radius 1 is 0.964 bits per heavy atom. The SMILES string of the molecule is CNC(=O)NC(=O)[C@H](Sc1nc(C)cc(-c2ccccc2)n1)c1ccccc1. The zero-order chi connectivity index (χ0) is 19.9. The maximum atomic E-state index is 12.7. The number of rotatable bonds is 5. The summed E-state index contributed by atoms with van der Waals surface area (Å²) >= 11 is 1.21. The zero-order valence-corrected chi connectivity index (χ0v) is 16.4. The Morgan fingerprint density at radius 3 is 2.25 bits per heavy atom. The van der Waals surface area contributed by atoms with Crippen LogP contribution in [0, 0.1) is 6.92 Å². The van der Waals surface area contributed by atoms with Crippen LogP contribution in [0.5, 0.6) is 0 Å². The van der Waals surface area contributed by atoms with Gasteiger partial charge >= 0.3 is 6.03 Å². The molecule has 2 N–H and O–H groups in total. The van der Waals surface area contributed by atoms with Crippen molar-refractivity contribution in [2.24, 2.45) is 0 Å². The molecule has 7 heteroatoms. The summed E-state index contributed by atoms with van der Waals surface area (Å²) in [4.78, 5) is 33.4. The second-order valence-electron chi connectivity index (χ2n) is 6.02. The Labute approximate surface area is 167 Å². The third kappa shape index (κ3) is 4.95. The second kappa shape index (κ2) is 9.14. The Bertz CT molecular complexity index is 965. The molecule has 2 aromatic carbocycles. The number of imide groups is 1. The molecule has 6 nitrogen and oxygen atoms in total. The summed E-state index contributed by atoms with van der Waals surface area (Å²) in [5.41, 5.74) is 3.32. The Hall–Kier alpha value is -3.19. The van der Waals surface area contributed by atoms with E-state index >= 15 is 0 Å². The van der Waals surface area contributed by atoms with Crippen molar-refractivity contribution in [3.8, 4) is 11.3 Å². The lowest BCUT2D eigenvalue weighted by Gasteiger charge is -2.16. The largest absolute Gasteiger partial charge is 0.341 e. The number of amides is 3. The minimum absolute atomic E-state index is 0.429. The van der Waals surface area contributed by atoms with Crippen LogP contribution in [-0.4, -0.2) is 29.0 Å². The number of nitrogens with one attached hydrogen (secondary N) is 2. The van der Waals surface area contributed by atoms with Gasteiger partial charge in [0.05, 0.1) is 5.69 Å². The highest BCUT2D eigenvalue weighted by Gasteiger charge is 2.25. The molecule has 0 aliphatic heterocycles. The molecule has 0 unspecified atom stereocenters. The summed E-state index contributed by atoms with van der Waals surface area (Å²) in [7, 11) is 1.46. The number of hydrogen-bond acceptors (Lipinski definition) is 5. The topological polar surface area (TPSA) is 84.0 Å². The lowest BCUT2D eigenvalue weighted by molar-refractivity contribution is -0.119. The van der Waals surface area contributed by atoms with Crippen LogP contribution < -0.4 is 10.6 Å². The van der Waals surface area contributed by atoms with Crippen LogP contribution in [-0.2, 0) is 4.79 Å². The van der Waals surface area contributed by atoms with Gasteiger partial charge in [0.2, 0.25) is 5.91 Å². The lowest BCUT2D eigenvalue weighted by atomic mass is 10.1. The summed E-state index contributed by atoms with van der Waals surface area (Å²) < 4.78 is 0. The van der Waals surface area contributed by atoms with Gasteiger partial charge in [-0.05, 0) is 18.6 Å². The predicted octanol–water partition coefficient (Wildman–Crippen LogP) is 3.74. The highest BCUT2D eigenvalue weighted by molar-refractivity contribution is 8.00. The average molecular weight is 392 g/mol. The summed E-state index contributed by atoms with van der Waals surface area (Å²) in [6.07, 6.45) is 0. The molecule has 0 saturated heterocycles. The maximum Gasteiger partial charge on any atom is 0.321 e. The number of benzene rings is 2. The van der Waals surface area contributed by atoms with Crippen molar-refractivity contribution >= 4 is 23.7 Å². The summed E-state index contributed by atoms with van der Waals surface area (Å²) in [6.45, 7) is 1.89. The van der Waals surface area contributed by atoms with Crippen molar-refractivity contribution in [1.29, 1.82) is 0 Å². The number of nitrogens with zero attached hydrogens (tertiary/aromatic N) is 2. The number of aryl methyl sites for hydroxylation is 1. The first-order valence-electron chi connectivity index (χ1n) is 8.72. The molecule has 1 atom stereocenters. The molecule has 0 radical (unpaired) electrons. The third-order valence-electron chi connectivity index (χ3n) is 3.93. The molecule has 1 aromatic heterocycles. The molecule has 0 saturated carbocycles. The predicted molar refractivity (Wildman–Crippen MR) is 110 cm³/mol. The number of thioether (sulfide) groups is 1. The molecule has 0 spiro atoms. The van der Waals surface area contributed by atoms with Gasteiger partial charge in [-0.3, -0.25) is 10.1 Å². The fourth-order valence-electron chi connectivity index (χ4n) is 2.60. The van der Waals surface area contributed by atoms with Crippen molar-refractivity contribution in [2.75, 3.05) is 7.05 Å². The molecule has 3 aromatic rings. The van der Waals surface area contributed by atoms with Crippen LogP contribution >= 0.6 is 11.8 Å². The van der Waals surface area contributed by atoms with Gasteiger partial charge in [-0.25, -0.2) is 14.8 Å². The molecule has 0 fully saturated rings. The highest BCUT2D eigenvalue weighted by Crippen LogP contribution is 2.34. The van der Waals surface area contributed by atoms with E-state index < -0.39 is 17.2 Å². The molecule has 0 aliphatic rings. The van der Waals surface area contributed by atoms with Crippen LogP contribution in [0.3, 0.4) is 0 Å². The smallest absolute Gasteiger partial charge is 0.321 e. The first kappa shape index (κ1) is 19.6. The monoisotopic (exact) mass is 392 g/mol. The van der Waals surface area contributed by atoms with Gasteiger partial charge in [0.1, 0.15) is 5.25 Å². The fraction of sp³-hybridized carbons (Fsp3) is 0.143. The Morgan fingerprint density at radius 2 is 1.61 bits per heavy atom. The van der Waals surface area contributed by atoms with Crippen molar-refractivity contribution in [1.82, 2.24) is 20.6 Å². The van der Waals surface area contributed by atoms with Crippen molar-refractivity contribution in [3.63, 3.8) is 0 Å². The summed E-state index contributed by atoms with van der Waals surface area (Å²) in [5.74, 6) is -0.429. The van der Waals surface area contributed by atoms with Gasteiger partial charge in [-0.1, -0.05) is 72.4 Å². The standard InChI is InChI=1S/C21H20N4O2S/c1-14-13-17(15-9-5-3-6-10-15)24-21(23-14)28-18(16-11-7-4-8-12-16)19(26)25-20(27)22-2/h3-13,18H,1-2H3,(H2,22,25,26,27)/t18-/m1/s1. The number of carbonyl (C=O) groups is 2. The van der Waals surface area contributed by atoms with E-state index in [0.717, 1.165) is 22.5 Å². The first-order chi connectivity index (χ1) is 13.6. The molecular formula is C21H20N4O2S. The van der Waals surface area contributed by atoms with Gasteiger partial charge in [-0.15, -0.1) is 0 Å². The van der Waals surface area contributed by atoms with Crippen molar-refractivity contribution in [3.05, 3.63) is 78.0 Å². The highest BCUT2D eigenvalue weighted by atomic mass is 32.2. The molecular weight excluding hydrogens is 372 g/mol. The molecule has 3 amide bonds. The van der Waals surface area contributed by atoms with Gasteiger partial charge in [0.15, 0.2) is 5.16 Å². The number of aromatic nitrogens is 2. The van der Waals surface area contributed by atoms with Gasteiger partial charge in [0.25, 0.3) is 0 Å². The minimum atomic E-state index is -0.663. The van der Waals surface area contributed by atoms with E-state index in [1.165, 1.54) is 18.8 Å². The quantitative estimate of drug-likeness (QED) is 0.510. The van der Waals surface area contributed by atoms with Crippen molar-refractivity contribution in [2.45, 2.75) is 17.3 Å². The molecule has 1 heterocycles. The normalized spacial score (nSPS) is 11.5. The molecule has 3 rings (SSSR count).